The minimum Gasteiger partial charge on any atom is -0.480 e. The molecule has 0 aliphatic rings. The lowest BCUT2D eigenvalue weighted by molar-refractivity contribution is -0.139. The van der Waals surface area contributed by atoms with Gasteiger partial charge in [-0.25, -0.2) is 4.98 Å². The van der Waals surface area contributed by atoms with E-state index in [1.165, 1.54) is 0 Å². The zero-order valence-corrected chi connectivity index (χ0v) is 8.87. The van der Waals surface area contributed by atoms with Crippen LogP contribution in [0.4, 0.5) is 0 Å². The van der Waals surface area contributed by atoms with Crippen molar-refractivity contribution in [1.82, 2.24) is 9.55 Å². The highest BCUT2D eigenvalue weighted by Crippen LogP contribution is 2.18. The Balaban J connectivity index is 2.44. The first kappa shape index (κ1) is 10.6. The molecule has 0 aliphatic heterocycles. The Hall–Kier alpha value is -1.88. The van der Waals surface area contributed by atoms with Gasteiger partial charge in [0.1, 0.15) is 6.04 Å². The third-order valence-electron chi connectivity index (χ3n) is 2.72. The van der Waals surface area contributed by atoms with Crippen LogP contribution >= 0.6 is 0 Å². The maximum atomic E-state index is 10.8. The number of para-hydroxylation sites is 2. The summed E-state index contributed by atoms with van der Waals surface area (Å²) in [5.41, 5.74) is 7.33. The van der Waals surface area contributed by atoms with E-state index in [0.717, 1.165) is 11.0 Å². The van der Waals surface area contributed by atoms with Crippen molar-refractivity contribution in [3.05, 3.63) is 30.6 Å². The Morgan fingerprint density at radius 3 is 2.88 bits per heavy atom. The van der Waals surface area contributed by atoms with Gasteiger partial charge in [0.05, 0.1) is 23.4 Å². The number of carboxylic acid groups (broad SMARTS) is 1. The third-order valence-corrected chi connectivity index (χ3v) is 2.72. The van der Waals surface area contributed by atoms with Gasteiger partial charge in [-0.15, -0.1) is 0 Å². The van der Waals surface area contributed by atoms with E-state index in [-0.39, 0.29) is 6.04 Å². The summed E-state index contributed by atoms with van der Waals surface area (Å²) in [5, 5.41) is 8.86. The van der Waals surface area contributed by atoms with Crippen molar-refractivity contribution in [2.24, 2.45) is 5.73 Å². The quantitative estimate of drug-likeness (QED) is 0.807. The molecule has 2 aromatic rings. The van der Waals surface area contributed by atoms with E-state index in [2.05, 4.69) is 4.98 Å². The zero-order valence-electron chi connectivity index (χ0n) is 8.87. The molecule has 2 atom stereocenters. The van der Waals surface area contributed by atoms with Gasteiger partial charge >= 0.3 is 5.97 Å². The lowest BCUT2D eigenvalue weighted by Gasteiger charge is -2.18. The number of aliphatic carboxylic acids is 1. The predicted octanol–water partition coefficient (Wildman–Crippen LogP) is 1.01. The predicted molar refractivity (Wildman–Crippen MR) is 60.1 cm³/mol. The molecule has 0 fully saturated rings. The Morgan fingerprint density at radius 2 is 2.19 bits per heavy atom. The molecule has 0 saturated heterocycles. The highest BCUT2D eigenvalue weighted by atomic mass is 16.4. The smallest absolute Gasteiger partial charge is 0.322 e. The van der Waals surface area contributed by atoms with Crippen LogP contribution in [0, 0.1) is 0 Å². The number of aromatic nitrogens is 2. The van der Waals surface area contributed by atoms with E-state index in [1.54, 1.807) is 17.8 Å². The molecule has 3 N–H and O–H groups in total. The van der Waals surface area contributed by atoms with E-state index in [1.807, 2.05) is 24.3 Å². The summed E-state index contributed by atoms with van der Waals surface area (Å²) in [6, 6.07) is 6.29. The van der Waals surface area contributed by atoms with E-state index < -0.39 is 12.0 Å². The molecular weight excluding hydrogens is 206 g/mol. The van der Waals surface area contributed by atoms with E-state index in [4.69, 9.17) is 10.8 Å². The summed E-state index contributed by atoms with van der Waals surface area (Å²) in [5.74, 6) is -1.01. The number of rotatable bonds is 3. The van der Waals surface area contributed by atoms with Gasteiger partial charge in [0.25, 0.3) is 0 Å². The highest BCUT2D eigenvalue weighted by molar-refractivity contribution is 5.77. The first-order chi connectivity index (χ1) is 7.61. The van der Waals surface area contributed by atoms with Gasteiger partial charge < -0.3 is 15.4 Å². The molecule has 0 saturated carbocycles. The van der Waals surface area contributed by atoms with Crippen LogP contribution in [0.3, 0.4) is 0 Å². The fraction of sp³-hybridized carbons (Fsp3) is 0.273. The molecule has 2 unspecified atom stereocenters. The van der Waals surface area contributed by atoms with Crippen molar-refractivity contribution in [2.75, 3.05) is 0 Å². The van der Waals surface area contributed by atoms with Crippen LogP contribution in [0.1, 0.15) is 13.0 Å². The Bertz CT molecular complexity index is 521. The number of hydrogen-bond donors (Lipinski definition) is 2. The van der Waals surface area contributed by atoms with Gasteiger partial charge in [0.15, 0.2) is 0 Å². The second-order valence-corrected chi connectivity index (χ2v) is 3.75. The lowest BCUT2D eigenvalue weighted by atomic mass is 10.1. The topological polar surface area (TPSA) is 81.1 Å². The number of nitrogens with two attached hydrogens (primary N) is 1. The Morgan fingerprint density at radius 1 is 1.50 bits per heavy atom. The van der Waals surface area contributed by atoms with Crippen molar-refractivity contribution in [2.45, 2.75) is 19.0 Å². The second-order valence-electron chi connectivity index (χ2n) is 3.75. The second kappa shape index (κ2) is 3.94. The van der Waals surface area contributed by atoms with Gasteiger partial charge in [-0.3, -0.25) is 4.79 Å². The fourth-order valence-corrected chi connectivity index (χ4v) is 1.68. The van der Waals surface area contributed by atoms with Gasteiger partial charge in [0.2, 0.25) is 0 Å². The van der Waals surface area contributed by atoms with Crippen molar-refractivity contribution in [1.29, 1.82) is 0 Å². The lowest BCUT2D eigenvalue weighted by Crippen LogP contribution is -2.37. The fourth-order valence-electron chi connectivity index (χ4n) is 1.68. The molecule has 0 spiro atoms. The SMILES string of the molecule is CC(C(N)C(=O)O)n1cnc2ccccc21. The molecule has 0 aliphatic carbocycles. The van der Waals surface area contributed by atoms with Gasteiger partial charge in [-0.05, 0) is 19.1 Å². The van der Waals surface area contributed by atoms with Crippen LogP contribution in [0.2, 0.25) is 0 Å². The largest absolute Gasteiger partial charge is 0.480 e. The highest BCUT2D eigenvalue weighted by Gasteiger charge is 2.22. The zero-order chi connectivity index (χ0) is 11.7. The molecule has 2 rings (SSSR count). The summed E-state index contributed by atoms with van der Waals surface area (Å²) < 4.78 is 1.79. The Labute approximate surface area is 92.5 Å². The molecule has 16 heavy (non-hydrogen) atoms. The van der Waals surface area contributed by atoms with E-state index in [9.17, 15) is 4.79 Å². The summed E-state index contributed by atoms with van der Waals surface area (Å²) in [7, 11) is 0. The van der Waals surface area contributed by atoms with Crippen molar-refractivity contribution >= 4 is 17.0 Å². The number of nitrogens with zero attached hydrogens (tertiary/aromatic N) is 2. The number of carbonyl (C=O) groups is 1. The van der Waals surface area contributed by atoms with Gasteiger partial charge in [-0.2, -0.15) is 0 Å². The van der Waals surface area contributed by atoms with E-state index >= 15 is 0 Å². The maximum Gasteiger partial charge on any atom is 0.322 e. The normalized spacial score (nSPS) is 14.9. The minimum atomic E-state index is -1.01. The number of imidazole rings is 1. The van der Waals surface area contributed by atoms with Gasteiger partial charge in [-0.1, -0.05) is 12.1 Å². The summed E-state index contributed by atoms with van der Waals surface area (Å²) in [6.45, 7) is 1.77. The molecule has 5 heteroatoms. The van der Waals surface area contributed by atoms with Gasteiger partial charge in [0, 0.05) is 0 Å². The number of benzene rings is 1. The minimum absolute atomic E-state index is 0.329. The van der Waals surface area contributed by atoms with Crippen molar-refractivity contribution in [3.63, 3.8) is 0 Å². The molecule has 5 nitrogen and oxygen atoms in total. The summed E-state index contributed by atoms with van der Waals surface area (Å²) in [4.78, 5) is 15.0. The molecule has 0 amide bonds. The monoisotopic (exact) mass is 219 g/mol. The van der Waals surface area contributed by atoms with Crippen LogP contribution in [-0.2, 0) is 4.79 Å². The van der Waals surface area contributed by atoms with Crippen LogP contribution in [-0.4, -0.2) is 26.7 Å². The van der Waals surface area contributed by atoms with Crippen molar-refractivity contribution < 1.29 is 9.90 Å². The first-order valence-electron chi connectivity index (χ1n) is 5.01. The number of fused-ring (bicyclic) bond motifs is 1. The first-order valence-corrected chi connectivity index (χ1v) is 5.01. The summed E-state index contributed by atoms with van der Waals surface area (Å²) >= 11 is 0. The number of hydrogen-bond acceptors (Lipinski definition) is 3. The molecule has 0 radical (unpaired) electrons. The van der Waals surface area contributed by atoms with Crippen LogP contribution in [0.5, 0.6) is 0 Å². The Kier molecular flexibility index (Phi) is 2.62. The van der Waals surface area contributed by atoms with Crippen LogP contribution < -0.4 is 5.73 Å². The van der Waals surface area contributed by atoms with Crippen LogP contribution in [0.25, 0.3) is 11.0 Å². The average Bonchev–Trinajstić information content (AvgIpc) is 2.70. The molecule has 1 aromatic carbocycles. The maximum absolute atomic E-state index is 10.8. The molecular formula is C11H13N3O2. The number of carboxylic acids is 1. The van der Waals surface area contributed by atoms with Crippen molar-refractivity contribution in [3.8, 4) is 0 Å². The summed E-state index contributed by atoms with van der Waals surface area (Å²) in [6.07, 6.45) is 1.62. The van der Waals surface area contributed by atoms with E-state index in [0.29, 0.717) is 0 Å². The molecule has 84 valence electrons. The third kappa shape index (κ3) is 1.65. The standard InChI is InChI=1S/C11H13N3O2/c1-7(10(12)11(15)16)14-6-13-8-4-2-3-5-9(8)14/h2-7,10H,12H2,1H3,(H,15,16). The molecule has 1 aromatic heterocycles. The molecule has 1 heterocycles. The average molecular weight is 219 g/mol. The van der Waals surface area contributed by atoms with Crippen LogP contribution in [0.15, 0.2) is 30.6 Å². The molecule has 0 bridgehead atoms.